The van der Waals surface area contributed by atoms with Gasteiger partial charge in [-0.3, -0.25) is 4.79 Å². The normalized spacial score (nSPS) is 21.8. The number of pyridine rings is 1. The zero-order chi connectivity index (χ0) is 20.3. The molecule has 0 spiro atoms. The first-order valence-electron chi connectivity index (χ1n) is 11.1. The summed E-state index contributed by atoms with van der Waals surface area (Å²) < 4.78 is 11.5. The van der Waals surface area contributed by atoms with Gasteiger partial charge in [0.2, 0.25) is 0 Å². The van der Waals surface area contributed by atoms with Gasteiger partial charge in [-0.25, -0.2) is 4.98 Å². The summed E-state index contributed by atoms with van der Waals surface area (Å²) in [5, 5.41) is 0. The number of benzene rings is 1. The van der Waals surface area contributed by atoms with Crippen molar-refractivity contribution < 1.29 is 14.3 Å². The van der Waals surface area contributed by atoms with Gasteiger partial charge < -0.3 is 19.3 Å². The van der Waals surface area contributed by atoms with Crippen molar-refractivity contribution >= 4 is 17.4 Å². The van der Waals surface area contributed by atoms with E-state index in [1.807, 2.05) is 35.2 Å². The fourth-order valence-corrected chi connectivity index (χ4v) is 4.64. The van der Waals surface area contributed by atoms with Crippen molar-refractivity contribution in [3.63, 3.8) is 0 Å². The molecule has 4 heterocycles. The van der Waals surface area contributed by atoms with E-state index >= 15 is 0 Å². The van der Waals surface area contributed by atoms with Gasteiger partial charge in [0.25, 0.3) is 5.91 Å². The third-order valence-electron chi connectivity index (χ3n) is 6.48. The first kappa shape index (κ1) is 19.5. The minimum Gasteiger partial charge on any atom is -0.381 e. The minimum absolute atomic E-state index is 0.0296. The summed E-state index contributed by atoms with van der Waals surface area (Å²) in [7, 11) is 0. The van der Waals surface area contributed by atoms with Crippen LogP contribution in [-0.4, -0.2) is 56.5 Å². The second-order valence-electron chi connectivity index (χ2n) is 8.49. The smallest absolute Gasteiger partial charge is 0.259 e. The molecule has 0 aliphatic carbocycles. The van der Waals surface area contributed by atoms with Gasteiger partial charge >= 0.3 is 0 Å². The molecule has 158 valence electrons. The van der Waals surface area contributed by atoms with Gasteiger partial charge in [0.15, 0.2) is 0 Å². The molecule has 5 rings (SSSR count). The molecule has 1 unspecified atom stereocenters. The second kappa shape index (κ2) is 8.74. The molecule has 1 amide bonds. The molecule has 1 atom stereocenters. The number of nitrogens with zero attached hydrogens (tertiary/aromatic N) is 3. The van der Waals surface area contributed by atoms with Crippen LogP contribution in [0.1, 0.15) is 35.2 Å². The van der Waals surface area contributed by atoms with Crippen LogP contribution in [0.2, 0.25) is 0 Å². The third-order valence-corrected chi connectivity index (χ3v) is 6.48. The highest BCUT2D eigenvalue weighted by atomic mass is 16.5. The second-order valence-corrected chi connectivity index (χ2v) is 8.49. The van der Waals surface area contributed by atoms with E-state index in [0.717, 1.165) is 76.6 Å². The topological polar surface area (TPSA) is 54.9 Å². The molecule has 0 bridgehead atoms. The number of piperidine rings is 1. The number of ether oxygens (including phenoxy) is 2. The molecule has 30 heavy (non-hydrogen) atoms. The number of hydrogen-bond donors (Lipinski definition) is 0. The van der Waals surface area contributed by atoms with Crippen LogP contribution in [-0.2, 0) is 15.9 Å². The summed E-state index contributed by atoms with van der Waals surface area (Å²) in [6.07, 6.45) is 6.12. The lowest BCUT2D eigenvalue weighted by Gasteiger charge is -2.33. The quantitative estimate of drug-likeness (QED) is 0.761. The van der Waals surface area contributed by atoms with Crippen molar-refractivity contribution in [2.75, 3.05) is 49.3 Å². The summed E-state index contributed by atoms with van der Waals surface area (Å²) in [5.41, 5.74) is 2.91. The van der Waals surface area contributed by atoms with Gasteiger partial charge in [-0.1, -0.05) is 18.2 Å². The van der Waals surface area contributed by atoms with E-state index in [1.165, 1.54) is 5.56 Å². The average Bonchev–Trinajstić information content (AvgIpc) is 3.48. The number of anilines is 2. The molecule has 3 aliphatic heterocycles. The predicted octanol–water partition coefficient (Wildman–Crippen LogP) is 3.31. The van der Waals surface area contributed by atoms with E-state index in [9.17, 15) is 4.79 Å². The molecule has 0 N–H and O–H groups in total. The number of aromatic nitrogens is 1. The van der Waals surface area contributed by atoms with E-state index in [-0.39, 0.29) is 5.91 Å². The highest BCUT2D eigenvalue weighted by Crippen LogP contribution is 2.29. The SMILES string of the molecule is O=C(c1ccc(N2CCC(OCC3CCOC3)CC2)nc1)N1CCc2ccccc21. The number of hydrogen-bond acceptors (Lipinski definition) is 5. The third kappa shape index (κ3) is 4.07. The Morgan fingerprint density at radius 1 is 1.10 bits per heavy atom. The average molecular weight is 408 g/mol. The standard InChI is InChI=1S/C24H29N3O3/c28-24(27-13-7-19-3-1-2-4-22(19)27)20-5-6-23(25-15-20)26-11-8-21(9-12-26)30-17-18-10-14-29-16-18/h1-6,15,18,21H,7-14,16-17H2. The molecule has 1 aromatic heterocycles. The van der Waals surface area contributed by atoms with Gasteiger partial charge in [0, 0.05) is 44.0 Å². The molecule has 6 heteroatoms. The van der Waals surface area contributed by atoms with E-state index in [0.29, 0.717) is 17.6 Å². The fraction of sp³-hybridized carbons (Fsp3) is 0.500. The van der Waals surface area contributed by atoms with Gasteiger partial charge in [-0.2, -0.15) is 0 Å². The minimum atomic E-state index is 0.0296. The molecular weight excluding hydrogens is 378 g/mol. The van der Waals surface area contributed by atoms with Gasteiger partial charge in [-0.05, 0) is 49.4 Å². The zero-order valence-electron chi connectivity index (χ0n) is 17.3. The summed E-state index contributed by atoms with van der Waals surface area (Å²) >= 11 is 0. The Bertz CT molecular complexity index is 872. The predicted molar refractivity (Wildman–Crippen MR) is 116 cm³/mol. The first-order valence-corrected chi connectivity index (χ1v) is 11.1. The monoisotopic (exact) mass is 407 g/mol. The molecule has 1 aromatic carbocycles. The Balaban J connectivity index is 1.15. The van der Waals surface area contributed by atoms with Crippen LogP contribution in [0.3, 0.4) is 0 Å². The maximum Gasteiger partial charge on any atom is 0.259 e. The van der Waals surface area contributed by atoms with Crippen LogP contribution in [0.15, 0.2) is 42.6 Å². The van der Waals surface area contributed by atoms with Crippen molar-refractivity contribution in [2.45, 2.75) is 31.8 Å². The van der Waals surface area contributed by atoms with Crippen LogP contribution in [0.25, 0.3) is 0 Å². The molecule has 0 saturated carbocycles. The number of para-hydroxylation sites is 1. The Morgan fingerprint density at radius 3 is 2.73 bits per heavy atom. The Kier molecular flexibility index (Phi) is 5.69. The Labute approximate surface area is 177 Å². The van der Waals surface area contributed by atoms with Crippen molar-refractivity contribution in [2.24, 2.45) is 5.92 Å². The Morgan fingerprint density at radius 2 is 1.97 bits per heavy atom. The van der Waals surface area contributed by atoms with Crippen molar-refractivity contribution in [1.82, 2.24) is 4.98 Å². The summed E-state index contributed by atoms with van der Waals surface area (Å²) in [6, 6.07) is 12.0. The number of carbonyl (C=O) groups excluding carboxylic acids is 1. The highest BCUT2D eigenvalue weighted by Gasteiger charge is 2.26. The largest absolute Gasteiger partial charge is 0.381 e. The van der Waals surface area contributed by atoms with Gasteiger partial charge in [0.1, 0.15) is 5.82 Å². The van der Waals surface area contributed by atoms with Gasteiger partial charge in [-0.15, -0.1) is 0 Å². The zero-order valence-corrected chi connectivity index (χ0v) is 17.3. The molecular formula is C24H29N3O3. The fourth-order valence-electron chi connectivity index (χ4n) is 4.64. The maximum atomic E-state index is 13.0. The van der Waals surface area contributed by atoms with Crippen LogP contribution in [0, 0.1) is 5.92 Å². The lowest BCUT2D eigenvalue weighted by molar-refractivity contribution is 0.0131. The van der Waals surface area contributed by atoms with E-state index in [4.69, 9.17) is 9.47 Å². The number of rotatable bonds is 5. The van der Waals surface area contributed by atoms with Crippen LogP contribution in [0.4, 0.5) is 11.5 Å². The lowest BCUT2D eigenvalue weighted by Crippen LogP contribution is -2.38. The molecule has 0 radical (unpaired) electrons. The van der Waals surface area contributed by atoms with Crippen molar-refractivity contribution in [3.05, 3.63) is 53.7 Å². The van der Waals surface area contributed by atoms with E-state index in [2.05, 4.69) is 16.0 Å². The van der Waals surface area contributed by atoms with Crippen molar-refractivity contribution in [3.8, 4) is 0 Å². The molecule has 6 nitrogen and oxygen atoms in total. The molecule has 3 aliphatic rings. The number of carbonyl (C=O) groups is 1. The Hall–Kier alpha value is -2.44. The number of amides is 1. The molecule has 2 aromatic rings. The first-order chi connectivity index (χ1) is 14.8. The van der Waals surface area contributed by atoms with Crippen LogP contribution < -0.4 is 9.80 Å². The highest BCUT2D eigenvalue weighted by molar-refractivity contribution is 6.07. The van der Waals surface area contributed by atoms with E-state index < -0.39 is 0 Å². The van der Waals surface area contributed by atoms with Crippen molar-refractivity contribution in [1.29, 1.82) is 0 Å². The molecule has 2 saturated heterocycles. The number of fused-ring (bicyclic) bond motifs is 1. The summed E-state index contributed by atoms with van der Waals surface area (Å²) in [4.78, 5) is 21.7. The van der Waals surface area contributed by atoms with Crippen LogP contribution >= 0.6 is 0 Å². The summed E-state index contributed by atoms with van der Waals surface area (Å²) in [5.74, 6) is 1.54. The van der Waals surface area contributed by atoms with Crippen LogP contribution in [0.5, 0.6) is 0 Å². The van der Waals surface area contributed by atoms with E-state index in [1.54, 1.807) is 6.20 Å². The van der Waals surface area contributed by atoms with Gasteiger partial charge in [0.05, 0.1) is 24.9 Å². The maximum absolute atomic E-state index is 13.0. The molecule has 2 fully saturated rings. The summed E-state index contributed by atoms with van der Waals surface area (Å²) in [6.45, 7) is 5.15. The lowest BCUT2D eigenvalue weighted by atomic mass is 10.1.